The van der Waals surface area contributed by atoms with Gasteiger partial charge in [-0.2, -0.15) is 0 Å². The molecule has 0 aromatic heterocycles. The molecule has 0 saturated carbocycles. The molecule has 2 aromatic carbocycles. The van der Waals surface area contributed by atoms with Gasteiger partial charge in [0.2, 0.25) is 0 Å². The zero-order valence-electron chi connectivity index (χ0n) is 25.6. The Morgan fingerprint density at radius 1 is 0.405 bits per heavy atom. The molecule has 0 radical (unpaired) electrons. The molecule has 0 amide bonds. The second-order valence-corrected chi connectivity index (χ2v) is 13.1. The van der Waals surface area contributed by atoms with Crippen LogP contribution in [-0.2, 0) is 18.9 Å². The second kappa shape index (κ2) is 20.0. The molecule has 2 aliphatic heterocycles. The summed E-state index contributed by atoms with van der Waals surface area (Å²) >= 11 is 3.64. The van der Waals surface area contributed by atoms with E-state index in [1.807, 2.05) is 23.9 Å². The van der Waals surface area contributed by atoms with Crippen LogP contribution in [0.2, 0.25) is 0 Å². The minimum Gasteiger partial charge on any atom is -0.379 e. The molecule has 4 rings (SSSR count). The lowest BCUT2D eigenvalue weighted by atomic mass is 10.2. The summed E-state index contributed by atoms with van der Waals surface area (Å²) in [5.74, 6) is 0. The Bertz CT molecular complexity index is 908. The number of benzene rings is 2. The molecule has 2 aliphatic rings. The van der Waals surface area contributed by atoms with Crippen LogP contribution in [-0.4, -0.2) is 137 Å². The van der Waals surface area contributed by atoms with Crippen molar-refractivity contribution in [3.8, 4) is 0 Å². The smallest absolute Gasteiger partial charge is 0.0701 e. The molecule has 10 heteroatoms. The van der Waals surface area contributed by atoms with Gasteiger partial charge in [0.15, 0.2) is 0 Å². The molecule has 234 valence electrons. The summed E-state index contributed by atoms with van der Waals surface area (Å²) in [4.78, 5) is 7.45. The highest BCUT2D eigenvalue weighted by Crippen LogP contribution is 2.24. The van der Waals surface area contributed by atoms with Crippen LogP contribution >= 0.6 is 23.9 Å². The average molecular weight is 619 g/mol. The van der Waals surface area contributed by atoms with Gasteiger partial charge in [-0.15, -0.1) is 0 Å². The number of hydrogen-bond acceptors (Lipinski definition) is 10. The fraction of sp³-hybridized carbons (Fsp3) is 0.625. The van der Waals surface area contributed by atoms with E-state index >= 15 is 0 Å². The average Bonchev–Trinajstić information content (AvgIpc) is 3.00. The van der Waals surface area contributed by atoms with E-state index in [0.717, 1.165) is 78.7 Å². The summed E-state index contributed by atoms with van der Waals surface area (Å²) in [6.07, 6.45) is 0. The highest BCUT2D eigenvalue weighted by molar-refractivity contribution is 7.97. The third-order valence-corrected chi connectivity index (χ3v) is 9.60. The van der Waals surface area contributed by atoms with Crippen LogP contribution in [0.1, 0.15) is 11.1 Å². The van der Waals surface area contributed by atoms with Gasteiger partial charge < -0.3 is 18.9 Å². The molecule has 2 atom stereocenters. The van der Waals surface area contributed by atoms with Crippen LogP contribution in [0.3, 0.4) is 0 Å². The Morgan fingerprint density at radius 3 is 1.12 bits per heavy atom. The standard InChI is InChI=1S/C32H50N4O4S2/c1-29-3-7-31(8-4-29)41-35-13-11-33-15-21-37-22-16-34(18-24-40-28-27-39-23-17-33)12-14-36(20-26-38-25-19-35)42-32-9-5-30(2)6-10-32/h3-10H,11-28H2,1-2H3. The molecule has 0 N–H and O–H groups in total. The van der Waals surface area contributed by atoms with Gasteiger partial charge in [0.1, 0.15) is 0 Å². The number of rotatable bonds is 4. The molecule has 2 aromatic rings. The Balaban J connectivity index is 1.44. The van der Waals surface area contributed by atoms with Crippen molar-refractivity contribution in [2.75, 3.05) is 118 Å². The van der Waals surface area contributed by atoms with E-state index < -0.39 is 0 Å². The molecule has 8 nitrogen and oxygen atoms in total. The zero-order chi connectivity index (χ0) is 29.2. The first kappa shape index (κ1) is 33.7. The van der Waals surface area contributed by atoms with Gasteiger partial charge in [0, 0.05) is 75.2 Å². The van der Waals surface area contributed by atoms with Crippen LogP contribution in [0, 0.1) is 13.8 Å². The van der Waals surface area contributed by atoms with E-state index in [-0.39, 0.29) is 0 Å². The topological polar surface area (TPSA) is 49.9 Å². The molecular weight excluding hydrogens is 569 g/mol. The number of hydrogen-bond donors (Lipinski definition) is 0. The highest BCUT2D eigenvalue weighted by atomic mass is 32.2. The van der Waals surface area contributed by atoms with Gasteiger partial charge in [0.25, 0.3) is 0 Å². The Kier molecular flexibility index (Phi) is 16.0. The maximum absolute atomic E-state index is 6.25. The summed E-state index contributed by atoms with van der Waals surface area (Å²) in [5, 5.41) is 0. The predicted molar refractivity (Wildman–Crippen MR) is 173 cm³/mol. The number of ether oxygens (including phenoxy) is 4. The first-order valence-electron chi connectivity index (χ1n) is 15.4. The Hall–Kier alpha value is -1.18. The number of fused-ring (bicyclic) bond motifs is 6. The molecule has 0 spiro atoms. The van der Waals surface area contributed by atoms with Crippen LogP contribution in [0.5, 0.6) is 0 Å². The molecule has 0 aliphatic carbocycles. The fourth-order valence-corrected chi connectivity index (χ4v) is 6.50. The van der Waals surface area contributed by atoms with Gasteiger partial charge in [-0.05, 0) is 62.0 Å². The van der Waals surface area contributed by atoms with Crippen LogP contribution in [0.15, 0.2) is 58.3 Å². The van der Waals surface area contributed by atoms with E-state index in [2.05, 4.69) is 80.8 Å². The lowest BCUT2D eigenvalue weighted by Crippen LogP contribution is -2.39. The normalized spacial score (nSPS) is 24.2. The van der Waals surface area contributed by atoms with E-state index in [9.17, 15) is 0 Å². The van der Waals surface area contributed by atoms with Crippen LogP contribution < -0.4 is 0 Å². The molecule has 42 heavy (non-hydrogen) atoms. The van der Waals surface area contributed by atoms with Crippen molar-refractivity contribution >= 4 is 23.9 Å². The number of aryl methyl sites for hydroxylation is 2. The molecule has 2 saturated heterocycles. The highest BCUT2D eigenvalue weighted by Gasteiger charge is 2.15. The minimum absolute atomic E-state index is 0.637. The summed E-state index contributed by atoms with van der Waals surface area (Å²) in [5.41, 5.74) is 2.57. The monoisotopic (exact) mass is 618 g/mol. The van der Waals surface area contributed by atoms with Crippen molar-refractivity contribution in [1.82, 2.24) is 18.4 Å². The van der Waals surface area contributed by atoms with Crippen molar-refractivity contribution in [2.45, 2.75) is 23.6 Å². The summed E-state index contributed by atoms with van der Waals surface area (Å²) in [6, 6.07) is 17.6. The van der Waals surface area contributed by atoms with Crippen molar-refractivity contribution < 1.29 is 18.9 Å². The Labute approximate surface area is 262 Å². The van der Waals surface area contributed by atoms with Gasteiger partial charge in [-0.3, -0.25) is 9.80 Å². The lowest BCUT2D eigenvalue weighted by Gasteiger charge is -2.29. The predicted octanol–water partition coefficient (Wildman–Crippen LogP) is 4.32. The van der Waals surface area contributed by atoms with E-state index in [1.54, 1.807) is 0 Å². The van der Waals surface area contributed by atoms with Crippen molar-refractivity contribution in [3.05, 3.63) is 59.7 Å². The minimum atomic E-state index is 0.637. The quantitative estimate of drug-likeness (QED) is 0.366. The molecule has 2 heterocycles. The third kappa shape index (κ3) is 13.6. The third-order valence-electron chi connectivity index (χ3n) is 7.39. The largest absolute Gasteiger partial charge is 0.379 e. The Morgan fingerprint density at radius 2 is 0.738 bits per heavy atom. The number of nitrogens with zero attached hydrogens (tertiary/aromatic N) is 4. The summed E-state index contributed by atoms with van der Waals surface area (Å²) < 4.78 is 29.1. The summed E-state index contributed by atoms with van der Waals surface area (Å²) in [6.45, 7) is 18.9. The first-order valence-corrected chi connectivity index (χ1v) is 16.9. The zero-order valence-corrected chi connectivity index (χ0v) is 27.2. The molecular formula is C32H50N4O4S2. The van der Waals surface area contributed by atoms with Crippen molar-refractivity contribution in [2.24, 2.45) is 0 Å². The maximum atomic E-state index is 6.25. The first-order chi connectivity index (χ1) is 20.6. The SMILES string of the molecule is Cc1ccc(SN2CCOCCN(Sc3ccc(C)cc3)CCN3CCOCCOCCN(CCOCC3)CC2)cc1. The van der Waals surface area contributed by atoms with Crippen molar-refractivity contribution in [3.63, 3.8) is 0 Å². The van der Waals surface area contributed by atoms with Crippen molar-refractivity contribution in [1.29, 1.82) is 0 Å². The maximum Gasteiger partial charge on any atom is 0.0701 e. The fourth-order valence-electron chi connectivity index (χ4n) is 4.71. The second-order valence-electron chi connectivity index (χ2n) is 10.8. The summed E-state index contributed by atoms with van der Waals surface area (Å²) in [7, 11) is 0. The van der Waals surface area contributed by atoms with Gasteiger partial charge in [-0.25, -0.2) is 8.61 Å². The molecule has 2 bridgehead atoms. The van der Waals surface area contributed by atoms with E-state index in [4.69, 9.17) is 18.9 Å². The van der Waals surface area contributed by atoms with E-state index in [0.29, 0.717) is 39.6 Å². The van der Waals surface area contributed by atoms with Crippen LogP contribution in [0.4, 0.5) is 0 Å². The van der Waals surface area contributed by atoms with Gasteiger partial charge in [-0.1, -0.05) is 35.4 Å². The lowest BCUT2D eigenvalue weighted by molar-refractivity contribution is 0.0319. The van der Waals surface area contributed by atoms with Gasteiger partial charge >= 0.3 is 0 Å². The van der Waals surface area contributed by atoms with Crippen LogP contribution in [0.25, 0.3) is 0 Å². The molecule has 2 fully saturated rings. The van der Waals surface area contributed by atoms with E-state index in [1.165, 1.54) is 20.9 Å². The van der Waals surface area contributed by atoms with Gasteiger partial charge in [0.05, 0.1) is 52.9 Å². The molecule has 2 unspecified atom stereocenters.